The van der Waals surface area contributed by atoms with E-state index >= 15 is 0 Å². The highest BCUT2D eigenvalue weighted by molar-refractivity contribution is 6.30. The summed E-state index contributed by atoms with van der Waals surface area (Å²) in [5.74, 6) is 0.727. The lowest BCUT2D eigenvalue weighted by molar-refractivity contribution is 0.376. The van der Waals surface area contributed by atoms with Gasteiger partial charge in [-0.05, 0) is 49.9 Å². The zero-order valence-corrected chi connectivity index (χ0v) is 8.93. The molecule has 0 bridgehead atoms. The van der Waals surface area contributed by atoms with E-state index in [9.17, 15) is 0 Å². The minimum absolute atomic E-state index is 0.665. The fraction of sp³-hybridized carbons (Fsp3) is 0.545. The zero-order valence-electron chi connectivity index (χ0n) is 8.17. The van der Waals surface area contributed by atoms with Crippen molar-refractivity contribution in [3.8, 4) is 0 Å². The molecule has 14 heavy (non-hydrogen) atoms. The lowest BCUT2D eigenvalue weighted by Gasteiger charge is -2.22. The summed E-state index contributed by atoms with van der Waals surface area (Å²) >= 11 is 6.01. The van der Waals surface area contributed by atoms with Crippen LogP contribution < -0.4 is 5.32 Å². The molecule has 1 fully saturated rings. The molecule has 1 aromatic heterocycles. The highest BCUT2D eigenvalue weighted by Gasteiger charge is 2.14. The zero-order chi connectivity index (χ0) is 9.80. The Morgan fingerprint density at radius 3 is 3.21 bits per heavy atom. The van der Waals surface area contributed by atoms with Gasteiger partial charge in [0.05, 0.1) is 0 Å². The number of aromatic nitrogens is 1. The van der Waals surface area contributed by atoms with Crippen LogP contribution in [0.5, 0.6) is 0 Å². The maximum Gasteiger partial charge on any atom is 0.132 e. The van der Waals surface area contributed by atoms with Crippen molar-refractivity contribution in [3.05, 3.63) is 29.0 Å². The molecule has 0 aliphatic carbocycles. The van der Waals surface area contributed by atoms with E-state index in [2.05, 4.69) is 16.4 Å². The molecule has 1 aromatic rings. The predicted octanol–water partition coefficient (Wildman–Crippen LogP) is 2.28. The van der Waals surface area contributed by atoms with Crippen LogP contribution in [0, 0.1) is 5.92 Å². The van der Waals surface area contributed by atoms with Gasteiger partial charge in [0.15, 0.2) is 0 Å². The average molecular weight is 211 g/mol. The van der Waals surface area contributed by atoms with Crippen LogP contribution in [0.1, 0.15) is 18.4 Å². The van der Waals surface area contributed by atoms with E-state index in [1.807, 2.05) is 6.07 Å². The van der Waals surface area contributed by atoms with E-state index < -0.39 is 0 Å². The third-order valence-electron chi connectivity index (χ3n) is 2.74. The first-order valence-corrected chi connectivity index (χ1v) is 5.54. The van der Waals surface area contributed by atoms with Crippen LogP contribution in [0.2, 0.25) is 5.15 Å². The van der Waals surface area contributed by atoms with E-state index in [4.69, 9.17) is 11.6 Å². The van der Waals surface area contributed by atoms with Crippen LogP contribution >= 0.6 is 11.6 Å². The summed E-state index contributed by atoms with van der Waals surface area (Å²) in [4.78, 5) is 4.09. The van der Waals surface area contributed by atoms with E-state index in [1.54, 1.807) is 6.20 Å². The predicted molar refractivity (Wildman–Crippen MR) is 58.5 cm³/mol. The second-order valence-corrected chi connectivity index (χ2v) is 4.23. The minimum atomic E-state index is 0.665. The van der Waals surface area contributed by atoms with Crippen molar-refractivity contribution in [2.45, 2.75) is 19.3 Å². The van der Waals surface area contributed by atoms with Crippen molar-refractivity contribution >= 4 is 11.6 Å². The molecule has 1 atom stereocenters. The first kappa shape index (κ1) is 9.94. The number of halogens is 1. The van der Waals surface area contributed by atoms with Crippen LogP contribution in [-0.4, -0.2) is 18.1 Å². The Balaban J connectivity index is 1.99. The molecule has 1 aliphatic heterocycles. The van der Waals surface area contributed by atoms with Gasteiger partial charge in [0.25, 0.3) is 0 Å². The van der Waals surface area contributed by atoms with Crippen molar-refractivity contribution in [1.82, 2.24) is 10.3 Å². The molecule has 0 saturated carbocycles. The van der Waals surface area contributed by atoms with Gasteiger partial charge < -0.3 is 5.32 Å². The monoisotopic (exact) mass is 210 g/mol. The summed E-state index contributed by atoms with van der Waals surface area (Å²) in [6, 6.07) is 4.03. The highest BCUT2D eigenvalue weighted by atomic mass is 35.5. The van der Waals surface area contributed by atoms with E-state index in [1.165, 1.54) is 18.4 Å². The summed E-state index contributed by atoms with van der Waals surface area (Å²) in [6.07, 6.45) is 5.38. The molecule has 0 aromatic carbocycles. The SMILES string of the molecule is Clc1ncccc1C[C@@H]1CCCNC1. The van der Waals surface area contributed by atoms with Crippen LogP contribution in [0.25, 0.3) is 0 Å². The molecule has 1 aliphatic rings. The molecule has 0 unspecified atom stereocenters. The van der Waals surface area contributed by atoms with Crippen molar-refractivity contribution in [3.63, 3.8) is 0 Å². The molecule has 76 valence electrons. The summed E-state index contributed by atoms with van der Waals surface area (Å²) < 4.78 is 0. The van der Waals surface area contributed by atoms with Crippen LogP contribution in [0.3, 0.4) is 0 Å². The molecular formula is C11H15ClN2. The van der Waals surface area contributed by atoms with Crippen molar-refractivity contribution in [2.75, 3.05) is 13.1 Å². The summed E-state index contributed by atoms with van der Waals surface area (Å²) in [7, 11) is 0. The Morgan fingerprint density at radius 1 is 1.57 bits per heavy atom. The van der Waals surface area contributed by atoms with Crippen LogP contribution in [0.4, 0.5) is 0 Å². The van der Waals surface area contributed by atoms with Crippen LogP contribution in [0.15, 0.2) is 18.3 Å². The van der Waals surface area contributed by atoms with Crippen LogP contribution in [-0.2, 0) is 6.42 Å². The molecular weight excluding hydrogens is 196 g/mol. The molecule has 0 radical (unpaired) electrons. The second-order valence-electron chi connectivity index (χ2n) is 3.87. The van der Waals surface area contributed by atoms with E-state index in [0.717, 1.165) is 25.4 Å². The Morgan fingerprint density at radius 2 is 2.50 bits per heavy atom. The second kappa shape index (κ2) is 4.76. The first-order chi connectivity index (χ1) is 6.86. The first-order valence-electron chi connectivity index (χ1n) is 5.16. The van der Waals surface area contributed by atoms with Gasteiger partial charge in [-0.15, -0.1) is 0 Å². The maximum absolute atomic E-state index is 6.01. The van der Waals surface area contributed by atoms with Gasteiger partial charge >= 0.3 is 0 Å². The average Bonchev–Trinajstić information content (AvgIpc) is 2.23. The van der Waals surface area contributed by atoms with Crippen molar-refractivity contribution in [1.29, 1.82) is 0 Å². The third-order valence-corrected chi connectivity index (χ3v) is 3.08. The van der Waals surface area contributed by atoms with Gasteiger partial charge in [-0.2, -0.15) is 0 Å². The normalized spacial score (nSPS) is 22.2. The molecule has 1 saturated heterocycles. The number of pyridine rings is 1. The number of rotatable bonds is 2. The Hall–Kier alpha value is -0.600. The number of nitrogens with zero attached hydrogens (tertiary/aromatic N) is 1. The molecule has 2 rings (SSSR count). The Labute approximate surface area is 89.7 Å². The molecule has 1 N–H and O–H groups in total. The Bertz CT molecular complexity index is 295. The van der Waals surface area contributed by atoms with Gasteiger partial charge in [-0.3, -0.25) is 0 Å². The minimum Gasteiger partial charge on any atom is -0.316 e. The fourth-order valence-electron chi connectivity index (χ4n) is 1.98. The summed E-state index contributed by atoms with van der Waals surface area (Å²) in [5.41, 5.74) is 1.18. The molecule has 0 spiro atoms. The van der Waals surface area contributed by atoms with Crippen molar-refractivity contribution in [2.24, 2.45) is 5.92 Å². The van der Waals surface area contributed by atoms with E-state index in [-0.39, 0.29) is 0 Å². The number of piperidine rings is 1. The van der Waals surface area contributed by atoms with Gasteiger partial charge in [0, 0.05) is 6.20 Å². The molecule has 2 heterocycles. The smallest absolute Gasteiger partial charge is 0.132 e. The van der Waals surface area contributed by atoms with Gasteiger partial charge in [0.2, 0.25) is 0 Å². The largest absolute Gasteiger partial charge is 0.316 e. The summed E-state index contributed by atoms with van der Waals surface area (Å²) in [6.45, 7) is 2.28. The Kier molecular flexibility index (Phi) is 3.38. The summed E-state index contributed by atoms with van der Waals surface area (Å²) in [5, 5.41) is 4.08. The number of nitrogens with one attached hydrogen (secondary N) is 1. The fourth-order valence-corrected chi connectivity index (χ4v) is 2.18. The lowest BCUT2D eigenvalue weighted by atomic mass is 9.93. The van der Waals surface area contributed by atoms with E-state index in [0.29, 0.717) is 5.15 Å². The standard InChI is InChI=1S/C11H15ClN2/c12-11-10(4-2-6-14-11)7-9-3-1-5-13-8-9/h2,4,6,9,13H,1,3,5,7-8H2/t9-/m0/s1. The number of hydrogen-bond donors (Lipinski definition) is 1. The molecule has 0 amide bonds. The van der Waals surface area contributed by atoms with Gasteiger partial charge in [0.1, 0.15) is 5.15 Å². The number of hydrogen-bond acceptors (Lipinski definition) is 2. The van der Waals surface area contributed by atoms with Gasteiger partial charge in [-0.25, -0.2) is 4.98 Å². The maximum atomic E-state index is 6.01. The molecule has 3 heteroatoms. The van der Waals surface area contributed by atoms with Gasteiger partial charge in [-0.1, -0.05) is 17.7 Å². The lowest BCUT2D eigenvalue weighted by Crippen LogP contribution is -2.30. The van der Waals surface area contributed by atoms with Crippen molar-refractivity contribution < 1.29 is 0 Å². The highest BCUT2D eigenvalue weighted by Crippen LogP contribution is 2.20. The molecule has 2 nitrogen and oxygen atoms in total. The third kappa shape index (κ3) is 2.46. The quantitative estimate of drug-likeness (QED) is 0.758. The topological polar surface area (TPSA) is 24.9 Å².